The Morgan fingerprint density at radius 2 is 1.67 bits per heavy atom. The molecule has 1 saturated heterocycles. The molecule has 0 bridgehead atoms. The van der Waals surface area contributed by atoms with Gasteiger partial charge < -0.3 is 15.4 Å². The molecule has 1 aromatic carbocycles. The predicted molar refractivity (Wildman–Crippen MR) is 137 cm³/mol. The second kappa shape index (κ2) is 13.5. The van der Waals surface area contributed by atoms with Gasteiger partial charge in [0, 0.05) is 40.4 Å². The van der Waals surface area contributed by atoms with E-state index < -0.39 is 0 Å². The second-order valence-corrected chi connectivity index (χ2v) is 8.88. The molecule has 3 rings (SSSR count). The molecule has 0 unspecified atom stereocenters. The number of hydrogen-bond donors (Lipinski definition) is 2. The van der Waals surface area contributed by atoms with Gasteiger partial charge in [-0.25, -0.2) is 0 Å². The summed E-state index contributed by atoms with van der Waals surface area (Å²) < 4.78 is 5.35. The Labute approximate surface area is 200 Å². The molecule has 1 aromatic rings. The molecule has 1 aliphatic carbocycles. The highest BCUT2D eigenvalue weighted by Crippen LogP contribution is 2.40. The molecule has 2 N–H and O–H groups in total. The smallest absolute Gasteiger partial charge is 0.191 e. The number of ether oxygens (including phenoxy) is 1. The molecule has 30 heavy (non-hydrogen) atoms. The van der Waals surface area contributed by atoms with Gasteiger partial charge in [-0.1, -0.05) is 43.5 Å². The molecule has 0 aromatic heterocycles. The maximum absolute atomic E-state index is 5.35. The minimum Gasteiger partial charge on any atom is -0.385 e. The lowest BCUT2D eigenvalue weighted by Gasteiger charge is -2.30. The second-order valence-electron chi connectivity index (χ2n) is 8.88. The maximum Gasteiger partial charge on any atom is 0.191 e. The SMILES string of the molecule is CN=C(NCc1ccc(CN2CCCCC2)cc1)NCC1(CCOC)CCCC1.I. The Hall–Kier alpha value is -0.860. The molecule has 1 saturated carbocycles. The van der Waals surface area contributed by atoms with Gasteiger partial charge in [-0.05, 0) is 61.7 Å². The van der Waals surface area contributed by atoms with Crippen LogP contribution in [0, 0.1) is 5.41 Å². The van der Waals surface area contributed by atoms with E-state index in [0.29, 0.717) is 5.41 Å². The van der Waals surface area contributed by atoms with E-state index in [4.69, 9.17) is 4.74 Å². The van der Waals surface area contributed by atoms with Gasteiger partial charge in [0.1, 0.15) is 0 Å². The fourth-order valence-electron chi connectivity index (χ4n) is 4.77. The Balaban J connectivity index is 0.00000320. The molecule has 0 spiro atoms. The lowest BCUT2D eigenvalue weighted by atomic mass is 9.83. The molecular formula is C24H41IN4O. The summed E-state index contributed by atoms with van der Waals surface area (Å²) in [5.41, 5.74) is 3.08. The highest BCUT2D eigenvalue weighted by Gasteiger charge is 2.33. The van der Waals surface area contributed by atoms with E-state index in [1.807, 2.05) is 7.05 Å². The van der Waals surface area contributed by atoms with Gasteiger partial charge in [0.2, 0.25) is 0 Å². The predicted octanol–water partition coefficient (Wildman–Crippen LogP) is 4.55. The van der Waals surface area contributed by atoms with Crippen molar-refractivity contribution in [3.05, 3.63) is 35.4 Å². The summed E-state index contributed by atoms with van der Waals surface area (Å²) in [4.78, 5) is 7.00. The molecule has 5 nitrogen and oxygen atoms in total. The number of methoxy groups -OCH3 is 1. The van der Waals surface area contributed by atoms with Crippen LogP contribution in [0.4, 0.5) is 0 Å². The summed E-state index contributed by atoms with van der Waals surface area (Å²) >= 11 is 0. The third kappa shape index (κ3) is 8.00. The lowest BCUT2D eigenvalue weighted by molar-refractivity contribution is 0.138. The summed E-state index contributed by atoms with van der Waals surface area (Å²) in [7, 11) is 3.65. The van der Waals surface area contributed by atoms with Crippen LogP contribution in [0.2, 0.25) is 0 Å². The summed E-state index contributed by atoms with van der Waals surface area (Å²) in [6, 6.07) is 9.05. The van der Waals surface area contributed by atoms with Crippen LogP contribution in [-0.2, 0) is 17.8 Å². The van der Waals surface area contributed by atoms with E-state index in [1.54, 1.807) is 7.11 Å². The van der Waals surface area contributed by atoms with E-state index in [9.17, 15) is 0 Å². The zero-order valence-electron chi connectivity index (χ0n) is 18.9. The maximum atomic E-state index is 5.35. The van der Waals surface area contributed by atoms with E-state index in [2.05, 4.69) is 44.8 Å². The molecule has 0 radical (unpaired) electrons. The fraction of sp³-hybridized carbons (Fsp3) is 0.708. The van der Waals surface area contributed by atoms with Crippen LogP contribution >= 0.6 is 24.0 Å². The van der Waals surface area contributed by atoms with Crippen LogP contribution < -0.4 is 10.6 Å². The monoisotopic (exact) mass is 528 g/mol. The summed E-state index contributed by atoms with van der Waals surface area (Å²) in [6.07, 6.45) is 10.5. The quantitative estimate of drug-likeness (QED) is 0.281. The number of aliphatic imine (C=N–C) groups is 1. The zero-order valence-corrected chi connectivity index (χ0v) is 21.3. The van der Waals surface area contributed by atoms with Crippen molar-refractivity contribution < 1.29 is 4.74 Å². The minimum atomic E-state index is 0. The van der Waals surface area contributed by atoms with Gasteiger partial charge in [0.15, 0.2) is 5.96 Å². The van der Waals surface area contributed by atoms with E-state index in [0.717, 1.165) is 38.6 Å². The highest BCUT2D eigenvalue weighted by atomic mass is 127. The summed E-state index contributed by atoms with van der Waals surface area (Å²) in [5.74, 6) is 0.895. The number of nitrogens with zero attached hydrogens (tertiary/aromatic N) is 2. The van der Waals surface area contributed by atoms with Gasteiger partial charge >= 0.3 is 0 Å². The number of hydrogen-bond acceptors (Lipinski definition) is 3. The van der Waals surface area contributed by atoms with Gasteiger partial charge in [-0.3, -0.25) is 9.89 Å². The molecule has 1 aliphatic heterocycles. The minimum absolute atomic E-state index is 0. The highest BCUT2D eigenvalue weighted by molar-refractivity contribution is 14.0. The van der Waals surface area contributed by atoms with Crippen molar-refractivity contribution in [3.8, 4) is 0 Å². The summed E-state index contributed by atoms with van der Waals surface area (Å²) in [5, 5.41) is 7.05. The van der Waals surface area contributed by atoms with Crippen LogP contribution in [-0.4, -0.2) is 51.3 Å². The van der Waals surface area contributed by atoms with Crippen molar-refractivity contribution in [1.29, 1.82) is 0 Å². The van der Waals surface area contributed by atoms with Crippen molar-refractivity contribution in [2.75, 3.05) is 40.4 Å². The van der Waals surface area contributed by atoms with Crippen LogP contribution in [0.1, 0.15) is 62.5 Å². The molecule has 170 valence electrons. The Morgan fingerprint density at radius 3 is 2.30 bits per heavy atom. The third-order valence-corrected chi connectivity index (χ3v) is 6.69. The average molecular weight is 529 g/mol. The summed E-state index contributed by atoms with van der Waals surface area (Å²) in [6.45, 7) is 6.20. The van der Waals surface area contributed by atoms with Crippen molar-refractivity contribution in [3.63, 3.8) is 0 Å². The topological polar surface area (TPSA) is 48.9 Å². The van der Waals surface area contributed by atoms with E-state index >= 15 is 0 Å². The van der Waals surface area contributed by atoms with Crippen LogP contribution in [0.25, 0.3) is 0 Å². The van der Waals surface area contributed by atoms with Crippen molar-refractivity contribution in [2.24, 2.45) is 10.4 Å². The molecule has 2 aliphatic rings. The first-order chi connectivity index (χ1) is 14.2. The Bertz CT molecular complexity index is 623. The molecule has 0 amide bonds. The van der Waals surface area contributed by atoms with Crippen LogP contribution in [0.3, 0.4) is 0 Å². The van der Waals surface area contributed by atoms with Crippen molar-refractivity contribution >= 4 is 29.9 Å². The van der Waals surface area contributed by atoms with Gasteiger partial charge in [-0.2, -0.15) is 0 Å². The first-order valence-corrected chi connectivity index (χ1v) is 11.5. The largest absolute Gasteiger partial charge is 0.385 e. The van der Waals surface area contributed by atoms with Crippen molar-refractivity contribution in [1.82, 2.24) is 15.5 Å². The fourth-order valence-corrected chi connectivity index (χ4v) is 4.77. The molecular weight excluding hydrogens is 487 g/mol. The average Bonchev–Trinajstić information content (AvgIpc) is 3.23. The third-order valence-electron chi connectivity index (χ3n) is 6.69. The standard InChI is InChI=1S/C24H40N4O.HI/c1-25-23(27-20-24(14-17-29-2)12-4-5-13-24)26-18-21-8-10-22(11-9-21)19-28-15-6-3-7-16-28;/h8-11H,3-7,12-20H2,1-2H3,(H2,25,26,27);1H. The number of rotatable bonds is 9. The lowest BCUT2D eigenvalue weighted by Crippen LogP contribution is -2.43. The number of guanidine groups is 1. The number of benzene rings is 1. The zero-order chi connectivity index (χ0) is 20.4. The molecule has 6 heteroatoms. The first kappa shape index (κ1) is 25.4. The normalized spacial score (nSPS) is 19.3. The molecule has 2 fully saturated rings. The van der Waals surface area contributed by atoms with Gasteiger partial charge in [-0.15, -0.1) is 24.0 Å². The van der Waals surface area contributed by atoms with Gasteiger partial charge in [0.05, 0.1) is 0 Å². The van der Waals surface area contributed by atoms with E-state index in [1.165, 1.54) is 69.2 Å². The van der Waals surface area contributed by atoms with Gasteiger partial charge in [0.25, 0.3) is 0 Å². The molecule has 1 heterocycles. The molecule has 0 atom stereocenters. The number of likely N-dealkylation sites (tertiary alicyclic amines) is 1. The number of halogens is 1. The Morgan fingerprint density at radius 1 is 1.00 bits per heavy atom. The van der Waals surface area contributed by atoms with E-state index in [-0.39, 0.29) is 24.0 Å². The van der Waals surface area contributed by atoms with Crippen LogP contribution in [0.15, 0.2) is 29.3 Å². The van der Waals surface area contributed by atoms with Crippen molar-refractivity contribution in [2.45, 2.75) is 64.5 Å². The first-order valence-electron chi connectivity index (χ1n) is 11.5. The van der Waals surface area contributed by atoms with Crippen LogP contribution in [0.5, 0.6) is 0 Å². The number of piperidine rings is 1. The Kier molecular flexibility index (Phi) is 11.5. The number of nitrogens with one attached hydrogen (secondary N) is 2.